The van der Waals surface area contributed by atoms with Crippen molar-refractivity contribution in [3.8, 4) is 5.75 Å². The predicted octanol–water partition coefficient (Wildman–Crippen LogP) is 1.21. The monoisotopic (exact) mass is 228 g/mol. The summed E-state index contributed by atoms with van der Waals surface area (Å²) in [6, 6.07) is 2.09. The molecule has 1 aliphatic rings. The lowest BCUT2D eigenvalue weighted by Gasteiger charge is -2.25. The molecule has 0 aromatic heterocycles. The smallest absolute Gasteiger partial charge is 0.134 e. The molecule has 1 saturated heterocycles. The molecule has 0 unspecified atom stereocenters. The minimum absolute atomic E-state index is 0.0769. The van der Waals surface area contributed by atoms with Crippen molar-refractivity contribution in [2.24, 2.45) is 0 Å². The van der Waals surface area contributed by atoms with Crippen LogP contribution >= 0.6 is 0 Å². The molecule has 0 bridgehead atoms. The van der Waals surface area contributed by atoms with Crippen LogP contribution in [0.2, 0.25) is 0 Å². The van der Waals surface area contributed by atoms with E-state index in [1.54, 1.807) is 0 Å². The molecule has 88 valence electrons. The summed E-state index contributed by atoms with van der Waals surface area (Å²) in [6.07, 6.45) is 0. The highest BCUT2D eigenvalue weighted by Gasteiger charge is 2.22. The summed E-state index contributed by atoms with van der Waals surface area (Å²) >= 11 is 0. The van der Waals surface area contributed by atoms with Crippen molar-refractivity contribution in [3.05, 3.63) is 29.3 Å². The number of rotatable bonds is 2. The van der Waals surface area contributed by atoms with Crippen LogP contribution in [-0.2, 0) is 0 Å². The first kappa shape index (κ1) is 11.3. The molecule has 1 fully saturated rings. The molecular weight excluding hydrogens is 214 g/mol. The fourth-order valence-electron chi connectivity index (χ4n) is 1.87. The van der Waals surface area contributed by atoms with Crippen LogP contribution in [0.25, 0.3) is 0 Å². The number of hydrogen-bond donors (Lipinski definition) is 2. The van der Waals surface area contributed by atoms with Crippen molar-refractivity contribution in [3.63, 3.8) is 0 Å². The Bertz CT molecular complexity index is 355. The highest BCUT2D eigenvalue weighted by Crippen LogP contribution is 2.25. The van der Waals surface area contributed by atoms with Gasteiger partial charge in [-0.15, -0.1) is 0 Å². The van der Waals surface area contributed by atoms with Gasteiger partial charge in [0, 0.05) is 37.3 Å². The number of benzene rings is 1. The Balaban J connectivity index is 2.32. The summed E-state index contributed by atoms with van der Waals surface area (Å²) in [5, 5.41) is 6.16. The summed E-state index contributed by atoms with van der Waals surface area (Å²) in [5.74, 6) is -0.946. The molecule has 16 heavy (non-hydrogen) atoms. The molecule has 5 heteroatoms. The number of piperazine rings is 1. The van der Waals surface area contributed by atoms with Crippen LogP contribution in [0.4, 0.5) is 8.78 Å². The Hall–Kier alpha value is -1.20. The maximum absolute atomic E-state index is 13.7. The predicted molar refractivity (Wildman–Crippen MR) is 56.5 cm³/mol. The molecule has 3 nitrogen and oxygen atoms in total. The zero-order valence-electron chi connectivity index (χ0n) is 9.02. The van der Waals surface area contributed by atoms with E-state index in [-0.39, 0.29) is 17.4 Å². The van der Waals surface area contributed by atoms with Crippen molar-refractivity contribution in [2.45, 2.75) is 6.04 Å². The van der Waals surface area contributed by atoms with E-state index in [1.165, 1.54) is 19.2 Å². The zero-order chi connectivity index (χ0) is 11.5. The summed E-state index contributed by atoms with van der Waals surface area (Å²) in [6.45, 7) is 2.05. The Kier molecular flexibility index (Phi) is 3.36. The van der Waals surface area contributed by atoms with Gasteiger partial charge in [0.2, 0.25) is 0 Å². The molecule has 2 rings (SSSR count). The van der Waals surface area contributed by atoms with Gasteiger partial charge in [0.25, 0.3) is 0 Å². The lowest BCUT2D eigenvalue weighted by atomic mass is 10.0. The summed E-state index contributed by atoms with van der Waals surface area (Å²) < 4.78 is 32.2. The molecular formula is C11H14F2N2O. The van der Waals surface area contributed by atoms with Crippen LogP contribution in [0.15, 0.2) is 12.1 Å². The summed E-state index contributed by atoms with van der Waals surface area (Å²) in [4.78, 5) is 0. The van der Waals surface area contributed by atoms with Crippen molar-refractivity contribution >= 4 is 0 Å². The Labute approximate surface area is 92.8 Å². The molecule has 1 aliphatic heterocycles. The molecule has 1 heterocycles. The quantitative estimate of drug-likeness (QED) is 0.798. The highest BCUT2D eigenvalue weighted by atomic mass is 19.1. The van der Waals surface area contributed by atoms with E-state index in [1.807, 2.05) is 0 Å². The van der Waals surface area contributed by atoms with Gasteiger partial charge in [-0.05, 0) is 0 Å². The van der Waals surface area contributed by atoms with Crippen LogP contribution in [0.1, 0.15) is 11.6 Å². The Morgan fingerprint density at radius 3 is 2.44 bits per heavy atom. The first-order valence-electron chi connectivity index (χ1n) is 5.19. The Morgan fingerprint density at radius 1 is 1.25 bits per heavy atom. The largest absolute Gasteiger partial charge is 0.497 e. The van der Waals surface area contributed by atoms with Gasteiger partial charge >= 0.3 is 0 Å². The van der Waals surface area contributed by atoms with Gasteiger partial charge in [0.1, 0.15) is 17.4 Å². The third kappa shape index (κ3) is 2.15. The minimum atomic E-state index is -0.571. The van der Waals surface area contributed by atoms with E-state index in [9.17, 15) is 8.78 Å². The third-order valence-corrected chi connectivity index (χ3v) is 2.68. The number of ether oxygens (including phenoxy) is 1. The van der Waals surface area contributed by atoms with Crippen molar-refractivity contribution in [2.75, 3.05) is 26.7 Å². The van der Waals surface area contributed by atoms with E-state index >= 15 is 0 Å². The van der Waals surface area contributed by atoms with Crippen molar-refractivity contribution < 1.29 is 13.5 Å². The average Bonchev–Trinajstić information content (AvgIpc) is 2.29. The summed E-state index contributed by atoms with van der Waals surface area (Å²) in [5.41, 5.74) is 0.0769. The number of hydrogen-bond acceptors (Lipinski definition) is 3. The van der Waals surface area contributed by atoms with Crippen molar-refractivity contribution in [1.29, 1.82) is 0 Å². The topological polar surface area (TPSA) is 33.3 Å². The fourth-order valence-corrected chi connectivity index (χ4v) is 1.87. The molecule has 0 amide bonds. The lowest BCUT2D eigenvalue weighted by molar-refractivity contribution is 0.385. The van der Waals surface area contributed by atoms with E-state index in [4.69, 9.17) is 4.74 Å². The van der Waals surface area contributed by atoms with Gasteiger partial charge < -0.3 is 15.4 Å². The van der Waals surface area contributed by atoms with Crippen LogP contribution in [0, 0.1) is 11.6 Å². The van der Waals surface area contributed by atoms with Gasteiger partial charge in [0.05, 0.1) is 13.2 Å². The normalized spacial score (nSPS) is 20.8. The maximum Gasteiger partial charge on any atom is 0.134 e. The molecule has 0 aliphatic carbocycles. The summed E-state index contributed by atoms with van der Waals surface area (Å²) in [7, 11) is 1.38. The third-order valence-electron chi connectivity index (χ3n) is 2.68. The van der Waals surface area contributed by atoms with Gasteiger partial charge in [0.15, 0.2) is 0 Å². The molecule has 0 spiro atoms. The second-order valence-electron chi connectivity index (χ2n) is 3.72. The Morgan fingerprint density at radius 2 is 1.94 bits per heavy atom. The van der Waals surface area contributed by atoms with Gasteiger partial charge in [-0.2, -0.15) is 0 Å². The second-order valence-corrected chi connectivity index (χ2v) is 3.72. The molecule has 0 radical (unpaired) electrons. The van der Waals surface area contributed by atoms with Crippen LogP contribution in [-0.4, -0.2) is 26.7 Å². The van der Waals surface area contributed by atoms with Crippen LogP contribution in [0.5, 0.6) is 5.75 Å². The first-order valence-corrected chi connectivity index (χ1v) is 5.19. The SMILES string of the molecule is COc1cc(F)c([C@@H]2CNCCN2)c(F)c1. The van der Waals surface area contributed by atoms with E-state index < -0.39 is 11.6 Å². The number of nitrogens with one attached hydrogen (secondary N) is 2. The molecule has 2 N–H and O–H groups in total. The van der Waals surface area contributed by atoms with Crippen LogP contribution < -0.4 is 15.4 Å². The van der Waals surface area contributed by atoms with Gasteiger partial charge in [-0.3, -0.25) is 0 Å². The highest BCUT2D eigenvalue weighted by molar-refractivity contribution is 5.32. The molecule has 0 saturated carbocycles. The second kappa shape index (κ2) is 4.76. The standard InChI is InChI=1S/C11H14F2N2O/c1-16-7-4-8(12)11(9(13)5-7)10-6-14-2-3-15-10/h4-5,10,14-15H,2-3,6H2,1H3/t10-/m0/s1. The lowest BCUT2D eigenvalue weighted by Crippen LogP contribution is -2.43. The average molecular weight is 228 g/mol. The van der Waals surface area contributed by atoms with E-state index in [0.29, 0.717) is 13.1 Å². The first-order chi connectivity index (χ1) is 7.72. The van der Waals surface area contributed by atoms with Crippen molar-refractivity contribution in [1.82, 2.24) is 10.6 Å². The van der Waals surface area contributed by atoms with Gasteiger partial charge in [-0.25, -0.2) is 8.78 Å². The molecule has 1 atom stereocenters. The minimum Gasteiger partial charge on any atom is -0.497 e. The zero-order valence-corrected chi connectivity index (χ0v) is 9.02. The van der Waals surface area contributed by atoms with Gasteiger partial charge in [-0.1, -0.05) is 0 Å². The van der Waals surface area contributed by atoms with E-state index in [2.05, 4.69) is 10.6 Å². The van der Waals surface area contributed by atoms with Crippen LogP contribution in [0.3, 0.4) is 0 Å². The fraction of sp³-hybridized carbons (Fsp3) is 0.455. The maximum atomic E-state index is 13.7. The van der Waals surface area contributed by atoms with E-state index in [0.717, 1.165) is 6.54 Å². The number of methoxy groups -OCH3 is 1. The number of halogens is 2. The molecule has 1 aromatic carbocycles. The molecule has 1 aromatic rings.